The molecule has 19 heavy (non-hydrogen) atoms. The molecule has 100 valence electrons. The molecule has 0 amide bonds. The first-order chi connectivity index (χ1) is 8.55. The molecule has 0 saturated heterocycles. The predicted octanol–water partition coefficient (Wildman–Crippen LogP) is 3.12. The van der Waals surface area contributed by atoms with Gasteiger partial charge in [0, 0.05) is 5.69 Å². The standard InChI is InChI=1S/C15H22N2Si2/c1-18(2,3)9-7-14-11-13(16)12-15(17-14)8-10-19(4,5)6/h11-12H,1-6H3,(H2,16,17). The zero-order valence-electron chi connectivity index (χ0n) is 12.7. The second kappa shape index (κ2) is 5.65. The molecule has 4 heteroatoms. The van der Waals surface area contributed by atoms with Crippen LogP contribution in [0.15, 0.2) is 12.1 Å². The molecule has 0 bridgehead atoms. The smallest absolute Gasteiger partial charge is 0.129 e. The monoisotopic (exact) mass is 286 g/mol. The van der Waals surface area contributed by atoms with Gasteiger partial charge in [-0.05, 0) is 12.1 Å². The second-order valence-electron chi connectivity index (χ2n) is 6.67. The van der Waals surface area contributed by atoms with Gasteiger partial charge in [-0.15, -0.1) is 11.1 Å². The summed E-state index contributed by atoms with van der Waals surface area (Å²) in [5.41, 5.74) is 14.6. The van der Waals surface area contributed by atoms with Crippen molar-refractivity contribution in [2.24, 2.45) is 0 Å². The number of hydrogen-bond acceptors (Lipinski definition) is 2. The number of aromatic nitrogens is 1. The van der Waals surface area contributed by atoms with Crippen LogP contribution in [0.3, 0.4) is 0 Å². The van der Waals surface area contributed by atoms with Gasteiger partial charge in [-0.2, -0.15) is 0 Å². The van der Waals surface area contributed by atoms with E-state index in [9.17, 15) is 0 Å². The Morgan fingerprint density at radius 3 is 1.53 bits per heavy atom. The fourth-order valence-electron chi connectivity index (χ4n) is 1.18. The van der Waals surface area contributed by atoms with E-state index in [1.807, 2.05) is 12.1 Å². The second-order valence-corrected chi connectivity index (χ2v) is 16.2. The Balaban J connectivity index is 3.13. The zero-order chi connectivity index (χ0) is 14.7. The van der Waals surface area contributed by atoms with Crippen molar-refractivity contribution in [3.63, 3.8) is 0 Å². The van der Waals surface area contributed by atoms with E-state index in [-0.39, 0.29) is 0 Å². The molecular weight excluding hydrogens is 264 g/mol. The van der Waals surface area contributed by atoms with E-state index in [0.717, 1.165) is 11.4 Å². The topological polar surface area (TPSA) is 38.9 Å². The highest BCUT2D eigenvalue weighted by Crippen LogP contribution is 2.08. The van der Waals surface area contributed by atoms with Crippen LogP contribution in [0.25, 0.3) is 0 Å². The summed E-state index contributed by atoms with van der Waals surface area (Å²) < 4.78 is 0. The molecule has 0 unspecified atom stereocenters. The Hall–Kier alpha value is -1.50. The quantitative estimate of drug-likeness (QED) is 0.588. The van der Waals surface area contributed by atoms with Crippen LogP contribution in [0.1, 0.15) is 11.4 Å². The van der Waals surface area contributed by atoms with E-state index in [0.29, 0.717) is 5.69 Å². The number of anilines is 1. The zero-order valence-corrected chi connectivity index (χ0v) is 14.7. The van der Waals surface area contributed by atoms with Crippen LogP contribution in [-0.2, 0) is 0 Å². The van der Waals surface area contributed by atoms with Gasteiger partial charge in [0.1, 0.15) is 27.5 Å². The lowest BCUT2D eigenvalue weighted by molar-refractivity contribution is 1.25. The maximum Gasteiger partial charge on any atom is 0.129 e. The highest BCUT2D eigenvalue weighted by Gasteiger charge is 2.09. The lowest BCUT2D eigenvalue weighted by Crippen LogP contribution is -2.16. The van der Waals surface area contributed by atoms with Gasteiger partial charge in [-0.1, -0.05) is 51.1 Å². The third-order valence-corrected chi connectivity index (χ3v) is 3.73. The van der Waals surface area contributed by atoms with Crippen LogP contribution < -0.4 is 5.73 Å². The summed E-state index contributed by atoms with van der Waals surface area (Å²) in [5, 5.41) is 0. The summed E-state index contributed by atoms with van der Waals surface area (Å²) in [4.78, 5) is 4.46. The maximum atomic E-state index is 5.89. The molecule has 0 aliphatic carbocycles. The van der Waals surface area contributed by atoms with Crippen LogP contribution in [0, 0.1) is 22.9 Å². The van der Waals surface area contributed by atoms with Crippen LogP contribution >= 0.6 is 0 Å². The molecule has 1 rings (SSSR count). The molecule has 0 atom stereocenters. The molecule has 0 aliphatic heterocycles. The van der Waals surface area contributed by atoms with Gasteiger partial charge in [0.2, 0.25) is 0 Å². The van der Waals surface area contributed by atoms with Crippen LogP contribution in [0.5, 0.6) is 0 Å². The average Bonchev–Trinajstić information content (AvgIpc) is 2.21. The van der Waals surface area contributed by atoms with E-state index in [4.69, 9.17) is 5.73 Å². The van der Waals surface area contributed by atoms with Gasteiger partial charge in [-0.25, -0.2) is 4.98 Å². The van der Waals surface area contributed by atoms with Gasteiger partial charge >= 0.3 is 0 Å². The molecule has 0 spiro atoms. The lowest BCUT2D eigenvalue weighted by atomic mass is 10.3. The molecule has 2 nitrogen and oxygen atoms in total. The molecule has 0 radical (unpaired) electrons. The highest BCUT2D eigenvalue weighted by atomic mass is 28.3. The summed E-state index contributed by atoms with van der Waals surface area (Å²) >= 11 is 0. The summed E-state index contributed by atoms with van der Waals surface area (Å²) in [6.45, 7) is 13.2. The first-order valence-corrected chi connectivity index (χ1v) is 13.4. The van der Waals surface area contributed by atoms with Crippen molar-refractivity contribution in [1.29, 1.82) is 0 Å². The maximum absolute atomic E-state index is 5.89. The summed E-state index contributed by atoms with van der Waals surface area (Å²) in [6, 6.07) is 3.62. The van der Waals surface area contributed by atoms with Crippen molar-refractivity contribution in [3.05, 3.63) is 23.5 Å². The van der Waals surface area contributed by atoms with Crippen molar-refractivity contribution < 1.29 is 0 Å². The third-order valence-electron chi connectivity index (χ3n) is 1.98. The first-order valence-electron chi connectivity index (χ1n) is 6.39. The van der Waals surface area contributed by atoms with Crippen LogP contribution in [0.4, 0.5) is 5.69 Å². The van der Waals surface area contributed by atoms with Gasteiger partial charge in [0.25, 0.3) is 0 Å². The van der Waals surface area contributed by atoms with E-state index < -0.39 is 16.1 Å². The van der Waals surface area contributed by atoms with Gasteiger partial charge < -0.3 is 5.73 Å². The Morgan fingerprint density at radius 1 is 0.842 bits per heavy atom. The molecule has 0 saturated carbocycles. The molecule has 0 fully saturated rings. The van der Waals surface area contributed by atoms with E-state index in [1.54, 1.807) is 0 Å². The van der Waals surface area contributed by atoms with Crippen molar-refractivity contribution in [2.75, 3.05) is 5.73 Å². The lowest BCUT2D eigenvalue weighted by Gasteiger charge is -2.04. The van der Waals surface area contributed by atoms with Crippen molar-refractivity contribution >= 4 is 21.8 Å². The van der Waals surface area contributed by atoms with E-state index >= 15 is 0 Å². The van der Waals surface area contributed by atoms with E-state index in [1.165, 1.54) is 0 Å². The highest BCUT2D eigenvalue weighted by molar-refractivity contribution is 6.84. The fraction of sp³-hybridized carbons (Fsp3) is 0.400. The molecule has 1 aromatic heterocycles. The molecule has 0 aliphatic rings. The number of pyridine rings is 1. The Kier molecular flexibility index (Phi) is 4.63. The summed E-state index contributed by atoms with van der Waals surface area (Å²) in [5.74, 6) is 6.25. The minimum Gasteiger partial charge on any atom is -0.399 e. The Morgan fingerprint density at radius 2 is 1.21 bits per heavy atom. The predicted molar refractivity (Wildman–Crippen MR) is 89.1 cm³/mol. The molecule has 1 heterocycles. The van der Waals surface area contributed by atoms with E-state index in [2.05, 4.69) is 67.2 Å². The summed E-state index contributed by atoms with van der Waals surface area (Å²) in [6.07, 6.45) is 0. The van der Waals surface area contributed by atoms with Crippen LogP contribution in [-0.4, -0.2) is 21.1 Å². The minimum absolute atomic E-state index is 0.676. The SMILES string of the molecule is C[Si](C)(C)C#Cc1cc(N)cc(C#C[Si](C)(C)C)n1. The number of nitrogen functional groups attached to an aromatic ring is 1. The Bertz CT molecular complexity index is 535. The fourth-order valence-corrected chi connectivity index (χ4v) is 2.19. The van der Waals surface area contributed by atoms with Crippen molar-refractivity contribution in [3.8, 4) is 22.9 Å². The molecule has 2 N–H and O–H groups in total. The largest absolute Gasteiger partial charge is 0.399 e. The van der Waals surface area contributed by atoms with Gasteiger partial charge in [0.15, 0.2) is 0 Å². The summed E-state index contributed by atoms with van der Waals surface area (Å²) in [7, 11) is -2.79. The molecule has 1 aromatic rings. The molecule has 0 aromatic carbocycles. The average molecular weight is 287 g/mol. The number of nitrogens with zero attached hydrogens (tertiary/aromatic N) is 1. The van der Waals surface area contributed by atoms with Gasteiger partial charge in [-0.3, -0.25) is 0 Å². The number of rotatable bonds is 0. The minimum atomic E-state index is -1.39. The third kappa shape index (κ3) is 6.86. The van der Waals surface area contributed by atoms with Crippen LogP contribution in [0.2, 0.25) is 39.3 Å². The van der Waals surface area contributed by atoms with Gasteiger partial charge in [0.05, 0.1) is 0 Å². The normalized spacial score (nSPS) is 11.1. The number of nitrogens with two attached hydrogens (primary N) is 1. The van der Waals surface area contributed by atoms with Crippen molar-refractivity contribution in [2.45, 2.75) is 39.3 Å². The first kappa shape index (κ1) is 15.6. The van der Waals surface area contributed by atoms with Crippen molar-refractivity contribution in [1.82, 2.24) is 4.98 Å². The number of hydrogen-bond donors (Lipinski definition) is 1. The Labute approximate surface area is 118 Å². The molecular formula is C15H22N2Si2.